The number of hydrogen-bond acceptors (Lipinski definition) is 2. The molecule has 1 aromatic heterocycles. The van der Waals surface area contributed by atoms with Gasteiger partial charge in [-0.05, 0) is 37.6 Å². The van der Waals surface area contributed by atoms with Crippen LogP contribution < -0.4 is 10.7 Å². The minimum absolute atomic E-state index is 0.125. The number of benzene rings is 2. The summed E-state index contributed by atoms with van der Waals surface area (Å²) in [5.41, 5.74) is 0.478. The Morgan fingerprint density at radius 2 is 1.79 bits per heavy atom. The Labute approximate surface area is 159 Å². The van der Waals surface area contributed by atoms with E-state index in [1.807, 2.05) is 31.2 Å². The summed E-state index contributed by atoms with van der Waals surface area (Å²) < 4.78 is 40.7. The summed E-state index contributed by atoms with van der Waals surface area (Å²) in [4.78, 5) is 25.3. The predicted molar refractivity (Wildman–Crippen MR) is 101 cm³/mol. The lowest BCUT2D eigenvalue weighted by Crippen LogP contribution is -2.29. The number of alkyl halides is 3. The summed E-state index contributed by atoms with van der Waals surface area (Å²) in [5, 5.41) is 2.54. The van der Waals surface area contributed by atoms with E-state index in [2.05, 4.69) is 5.32 Å². The second kappa shape index (κ2) is 7.50. The van der Waals surface area contributed by atoms with E-state index in [0.29, 0.717) is 12.1 Å². The smallest absolute Gasteiger partial charge is 0.348 e. The molecule has 3 rings (SSSR count). The van der Waals surface area contributed by atoms with Gasteiger partial charge in [-0.15, -0.1) is 0 Å². The van der Waals surface area contributed by atoms with Crippen LogP contribution in [0.2, 0.25) is 0 Å². The minimum Gasteiger partial charge on any atom is -0.348 e. The highest BCUT2D eigenvalue weighted by atomic mass is 19.4. The summed E-state index contributed by atoms with van der Waals surface area (Å²) in [5.74, 6) is -0.618. The van der Waals surface area contributed by atoms with Crippen LogP contribution in [0.5, 0.6) is 0 Å². The van der Waals surface area contributed by atoms with Crippen molar-refractivity contribution in [1.29, 1.82) is 0 Å². The van der Waals surface area contributed by atoms with E-state index in [0.717, 1.165) is 23.3 Å². The van der Waals surface area contributed by atoms with Crippen molar-refractivity contribution in [2.24, 2.45) is 0 Å². The molecule has 2 aromatic carbocycles. The molecule has 0 spiro atoms. The standard InChI is InChI=1S/C21H19F3N2O2/c1-3-26-12-17(20(28)25-11-14-6-4-13(2)5-7-14)19(27)16-10-15(21(22,23)24)8-9-18(16)26/h4-10,12H,3,11H2,1-2H3,(H,25,28). The molecular formula is C21H19F3N2O2. The molecule has 0 aliphatic rings. The third-order valence-electron chi connectivity index (χ3n) is 4.57. The minimum atomic E-state index is -4.57. The van der Waals surface area contributed by atoms with Gasteiger partial charge in [0.05, 0.1) is 11.1 Å². The van der Waals surface area contributed by atoms with Crippen LogP contribution in [0.3, 0.4) is 0 Å². The molecule has 1 amide bonds. The van der Waals surface area contributed by atoms with Crippen molar-refractivity contribution in [3.63, 3.8) is 0 Å². The topological polar surface area (TPSA) is 51.1 Å². The Morgan fingerprint density at radius 3 is 2.39 bits per heavy atom. The van der Waals surface area contributed by atoms with E-state index in [9.17, 15) is 22.8 Å². The van der Waals surface area contributed by atoms with E-state index in [4.69, 9.17) is 0 Å². The second-order valence-electron chi connectivity index (χ2n) is 6.56. The largest absolute Gasteiger partial charge is 0.416 e. The van der Waals surface area contributed by atoms with Crippen molar-refractivity contribution in [3.05, 3.63) is 81.1 Å². The summed E-state index contributed by atoms with van der Waals surface area (Å²) in [6.07, 6.45) is -3.18. The number of hydrogen-bond donors (Lipinski definition) is 1. The zero-order valence-electron chi connectivity index (χ0n) is 15.4. The van der Waals surface area contributed by atoms with Crippen LogP contribution in [0.15, 0.2) is 53.5 Å². The second-order valence-corrected chi connectivity index (χ2v) is 6.56. The van der Waals surface area contributed by atoms with Crippen molar-refractivity contribution in [1.82, 2.24) is 9.88 Å². The quantitative estimate of drug-likeness (QED) is 0.725. The fourth-order valence-electron chi connectivity index (χ4n) is 2.98. The predicted octanol–water partition coefficient (Wildman–Crippen LogP) is 4.28. The number of fused-ring (bicyclic) bond motifs is 1. The van der Waals surface area contributed by atoms with E-state index < -0.39 is 23.1 Å². The zero-order chi connectivity index (χ0) is 20.5. The number of carbonyl (C=O) groups excluding carboxylic acids is 1. The molecule has 3 aromatic rings. The van der Waals surface area contributed by atoms with Crippen LogP contribution in [0.25, 0.3) is 10.9 Å². The Hall–Kier alpha value is -3.09. The molecule has 4 nitrogen and oxygen atoms in total. The summed E-state index contributed by atoms with van der Waals surface area (Å²) >= 11 is 0. The number of aromatic nitrogens is 1. The van der Waals surface area contributed by atoms with Gasteiger partial charge in [0, 0.05) is 24.7 Å². The molecule has 0 aliphatic heterocycles. The first-order chi connectivity index (χ1) is 13.2. The highest BCUT2D eigenvalue weighted by Crippen LogP contribution is 2.30. The van der Waals surface area contributed by atoms with Crippen molar-refractivity contribution >= 4 is 16.8 Å². The number of rotatable bonds is 4. The maximum absolute atomic E-state index is 13.0. The first-order valence-corrected chi connectivity index (χ1v) is 8.79. The molecule has 0 atom stereocenters. The molecule has 0 bridgehead atoms. The van der Waals surface area contributed by atoms with Gasteiger partial charge in [0.2, 0.25) is 5.43 Å². The van der Waals surface area contributed by atoms with Crippen LogP contribution in [0.4, 0.5) is 13.2 Å². The van der Waals surface area contributed by atoms with Crippen LogP contribution in [0, 0.1) is 6.92 Å². The molecule has 0 unspecified atom stereocenters. The normalized spacial score (nSPS) is 11.6. The van der Waals surface area contributed by atoms with E-state index >= 15 is 0 Å². The Balaban J connectivity index is 1.99. The van der Waals surface area contributed by atoms with Gasteiger partial charge in [-0.2, -0.15) is 13.2 Å². The van der Waals surface area contributed by atoms with E-state index in [1.165, 1.54) is 12.3 Å². The lowest BCUT2D eigenvalue weighted by atomic mass is 10.1. The molecule has 0 fully saturated rings. The van der Waals surface area contributed by atoms with Gasteiger partial charge in [-0.3, -0.25) is 9.59 Å². The molecule has 146 valence electrons. The van der Waals surface area contributed by atoms with Crippen LogP contribution in [0.1, 0.15) is 34.0 Å². The first-order valence-electron chi connectivity index (χ1n) is 8.79. The van der Waals surface area contributed by atoms with Gasteiger partial charge in [-0.1, -0.05) is 29.8 Å². The lowest BCUT2D eigenvalue weighted by Gasteiger charge is -2.14. The van der Waals surface area contributed by atoms with Crippen LogP contribution in [-0.4, -0.2) is 10.5 Å². The molecule has 7 heteroatoms. The molecule has 0 saturated heterocycles. The maximum Gasteiger partial charge on any atom is 0.416 e. The van der Waals surface area contributed by atoms with Crippen molar-refractivity contribution < 1.29 is 18.0 Å². The summed E-state index contributed by atoms with van der Waals surface area (Å²) in [6.45, 7) is 4.35. The van der Waals surface area contributed by atoms with Crippen molar-refractivity contribution in [2.45, 2.75) is 33.1 Å². The number of halogens is 3. The lowest BCUT2D eigenvalue weighted by molar-refractivity contribution is -0.137. The monoisotopic (exact) mass is 388 g/mol. The average Bonchev–Trinajstić information content (AvgIpc) is 2.66. The zero-order valence-corrected chi connectivity index (χ0v) is 15.4. The number of nitrogens with zero attached hydrogens (tertiary/aromatic N) is 1. The fraction of sp³-hybridized carbons (Fsp3) is 0.238. The van der Waals surface area contributed by atoms with Crippen LogP contribution in [-0.2, 0) is 19.3 Å². The Bertz CT molecular complexity index is 1080. The Kier molecular flexibility index (Phi) is 5.27. The molecule has 28 heavy (non-hydrogen) atoms. The van der Waals surface area contributed by atoms with E-state index in [1.54, 1.807) is 11.5 Å². The number of amides is 1. The van der Waals surface area contributed by atoms with Crippen molar-refractivity contribution in [3.8, 4) is 0 Å². The van der Waals surface area contributed by atoms with Crippen molar-refractivity contribution in [2.75, 3.05) is 0 Å². The third-order valence-corrected chi connectivity index (χ3v) is 4.57. The van der Waals surface area contributed by atoms with Gasteiger partial charge in [-0.25, -0.2) is 0 Å². The molecular weight excluding hydrogens is 369 g/mol. The van der Waals surface area contributed by atoms with Gasteiger partial charge < -0.3 is 9.88 Å². The molecule has 1 heterocycles. The van der Waals surface area contributed by atoms with Crippen LogP contribution >= 0.6 is 0 Å². The average molecular weight is 388 g/mol. The number of aryl methyl sites for hydroxylation is 2. The third kappa shape index (κ3) is 3.93. The molecule has 0 aliphatic carbocycles. The Morgan fingerprint density at radius 1 is 1.11 bits per heavy atom. The van der Waals surface area contributed by atoms with Gasteiger partial charge >= 0.3 is 6.18 Å². The molecule has 0 radical (unpaired) electrons. The van der Waals surface area contributed by atoms with Gasteiger partial charge in [0.15, 0.2) is 0 Å². The number of pyridine rings is 1. The number of nitrogens with one attached hydrogen (secondary N) is 1. The fourth-order valence-corrected chi connectivity index (χ4v) is 2.98. The summed E-state index contributed by atoms with van der Waals surface area (Å²) in [7, 11) is 0. The van der Waals surface area contributed by atoms with Gasteiger partial charge in [0.25, 0.3) is 5.91 Å². The molecule has 1 N–H and O–H groups in total. The van der Waals surface area contributed by atoms with E-state index in [-0.39, 0.29) is 17.5 Å². The SMILES string of the molecule is CCn1cc(C(=O)NCc2ccc(C)cc2)c(=O)c2cc(C(F)(F)F)ccc21. The van der Waals surface area contributed by atoms with Gasteiger partial charge in [0.1, 0.15) is 5.56 Å². The summed E-state index contributed by atoms with van der Waals surface area (Å²) in [6, 6.07) is 10.5. The highest BCUT2D eigenvalue weighted by Gasteiger charge is 2.31. The maximum atomic E-state index is 13.0. The molecule has 0 saturated carbocycles. The highest BCUT2D eigenvalue weighted by molar-refractivity contribution is 5.97. The first kappa shape index (κ1) is 19.7. The number of carbonyl (C=O) groups is 1.